The van der Waals surface area contributed by atoms with Gasteiger partial charge in [0.1, 0.15) is 5.75 Å². The van der Waals surface area contributed by atoms with Gasteiger partial charge in [-0.3, -0.25) is 4.68 Å². The summed E-state index contributed by atoms with van der Waals surface area (Å²) in [6, 6.07) is 9.52. The normalized spacial score (nSPS) is 14.0. The van der Waals surface area contributed by atoms with Gasteiger partial charge in [0.25, 0.3) is 0 Å². The molecule has 126 valence electrons. The highest BCUT2D eigenvalue weighted by Crippen LogP contribution is 2.24. The van der Waals surface area contributed by atoms with E-state index in [9.17, 15) is 8.42 Å². The van der Waals surface area contributed by atoms with Gasteiger partial charge in [-0.05, 0) is 29.5 Å². The molecule has 1 atom stereocenters. The molecule has 0 saturated heterocycles. The van der Waals surface area contributed by atoms with Gasteiger partial charge in [-0.1, -0.05) is 45.0 Å². The first-order valence-electron chi connectivity index (χ1n) is 7.66. The van der Waals surface area contributed by atoms with Crippen LogP contribution in [-0.4, -0.2) is 18.2 Å². The first kappa shape index (κ1) is 17.7. The van der Waals surface area contributed by atoms with Crippen LogP contribution in [0.5, 0.6) is 0 Å². The third-order valence-corrected chi connectivity index (χ3v) is 5.28. The van der Waals surface area contributed by atoms with E-state index in [4.69, 9.17) is 0 Å². The summed E-state index contributed by atoms with van der Waals surface area (Å²) in [4.78, 5) is 0. The van der Waals surface area contributed by atoms with Crippen molar-refractivity contribution >= 4 is 10.0 Å². The summed E-state index contributed by atoms with van der Waals surface area (Å²) in [7, 11) is -1.69. The molecule has 2 rings (SSSR count). The summed E-state index contributed by atoms with van der Waals surface area (Å²) in [6.45, 7) is 8.32. The van der Waals surface area contributed by atoms with Crippen molar-refractivity contribution in [3.8, 4) is 0 Å². The van der Waals surface area contributed by atoms with Crippen LogP contribution >= 0.6 is 0 Å². The minimum absolute atomic E-state index is 0.0755. The number of hydrogen-bond acceptors (Lipinski definition) is 3. The molecule has 1 unspecified atom stereocenters. The van der Waals surface area contributed by atoms with Gasteiger partial charge in [-0.15, -0.1) is 0 Å². The Kier molecular flexibility index (Phi) is 4.96. The van der Waals surface area contributed by atoms with E-state index >= 15 is 0 Å². The molecular formula is C17H25N3O2S. The van der Waals surface area contributed by atoms with E-state index < -0.39 is 10.0 Å². The van der Waals surface area contributed by atoms with Gasteiger partial charge in [0.05, 0.1) is 5.69 Å². The van der Waals surface area contributed by atoms with Crippen LogP contribution in [0.1, 0.15) is 50.6 Å². The number of hydrogen-bond donors (Lipinski definition) is 1. The van der Waals surface area contributed by atoms with E-state index in [0.29, 0.717) is 5.69 Å². The van der Waals surface area contributed by atoms with Gasteiger partial charge < -0.3 is 0 Å². The summed E-state index contributed by atoms with van der Waals surface area (Å²) in [5.41, 5.74) is 2.92. The fourth-order valence-corrected chi connectivity index (χ4v) is 3.82. The van der Waals surface area contributed by atoms with Gasteiger partial charge in [-0.25, -0.2) is 13.1 Å². The summed E-state index contributed by atoms with van der Waals surface area (Å²) < 4.78 is 28.9. The standard InChI is InChI=1S/C17H25N3O2S/c1-13(14-6-8-15(9-7-14)17(2,3)4)19-23(21,22)12-16-10-11-18-20(16)5/h6-11,13,19H,12H2,1-5H3. The highest BCUT2D eigenvalue weighted by atomic mass is 32.2. The molecule has 0 aliphatic carbocycles. The van der Waals surface area contributed by atoms with Gasteiger partial charge >= 0.3 is 0 Å². The Labute approximate surface area is 138 Å². The number of benzene rings is 1. The maximum absolute atomic E-state index is 12.3. The molecule has 0 radical (unpaired) electrons. The smallest absolute Gasteiger partial charge is 0.217 e. The van der Waals surface area contributed by atoms with Crippen LogP contribution in [0.15, 0.2) is 36.5 Å². The molecule has 1 N–H and O–H groups in total. The molecule has 1 aromatic carbocycles. The average molecular weight is 335 g/mol. The van der Waals surface area contributed by atoms with Crippen molar-refractivity contribution in [3.63, 3.8) is 0 Å². The lowest BCUT2D eigenvalue weighted by Crippen LogP contribution is -2.28. The lowest BCUT2D eigenvalue weighted by molar-refractivity contribution is 0.562. The van der Waals surface area contributed by atoms with Crippen LogP contribution in [0, 0.1) is 0 Å². The van der Waals surface area contributed by atoms with Crippen molar-refractivity contribution in [2.75, 3.05) is 0 Å². The summed E-state index contributed by atoms with van der Waals surface area (Å²) in [5, 5.41) is 4.00. The maximum atomic E-state index is 12.3. The second-order valence-corrected chi connectivity index (χ2v) is 8.67. The lowest BCUT2D eigenvalue weighted by atomic mass is 9.86. The molecule has 23 heavy (non-hydrogen) atoms. The van der Waals surface area contributed by atoms with Gasteiger partial charge in [0.15, 0.2) is 0 Å². The van der Waals surface area contributed by atoms with E-state index in [1.807, 2.05) is 19.1 Å². The topological polar surface area (TPSA) is 64.0 Å². The zero-order valence-electron chi connectivity index (χ0n) is 14.4. The van der Waals surface area contributed by atoms with Crippen LogP contribution in [0.4, 0.5) is 0 Å². The Morgan fingerprint density at radius 2 is 1.78 bits per heavy atom. The number of aryl methyl sites for hydroxylation is 1. The average Bonchev–Trinajstić information content (AvgIpc) is 2.82. The number of nitrogens with one attached hydrogen (secondary N) is 1. The monoisotopic (exact) mass is 335 g/mol. The lowest BCUT2D eigenvalue weighted by Gasteiger charge is -2.20. The Balaban J connectivity index is 2.09. The largest absolute Gasteiger partial charge is 0.272 e. The Hall–Kier alpha value is -1.66. The van der Waals surface area contributed by atoms with Crippen LogP contribution in [0.3, 0.4) is 0 Å². The first-order chi connectivity index (χ1) is 10.6. The van der Waals surface area contributed by atoms with Crippen LogP contribution < -0.4 is 4.72 Å². The quantitative estimate of drug-likeness (QED) is 0.914. The van der Waals surface area contributed by atoms with Gasteiger partial charge in [0.2, 0.25) is 10.0 Å². The van der Waals surface area contributed by atoms with Crippen LogP contribution in [0.25, 0.3) is 0 Å². The number of sulfonamides is 1. The van der Waals surface area contributed by atoms with Crippen molar-refractivity contribution in [2.24, 2.45) is 7.05 Å². The van der Waals surface area contributed by atoms with Crippen molar-refractivity contribution in [1.29, 1.82) is 0 Å². The molecule has 0 spiro atoms. The summed E-state index contributed by atoms with van der Waals surface area (Å²) >= 11 is 0. The number of aromatic nitrogens is 2. The Bertz CT molecular complexity index is 756. The molecule has 5 nitrogen and oxygen atoms in total. The predicted octanol–water partition coefficient (Wildman–Crippen LogP) is 2.90. The van der Waals surface area contributed by atoms with Gasteiger partial charge in [0, 0.05) is 19.3 Å². The second kappa shape index (κ2) is 6.45. The van der Waals surface area contributed by atoms with Gasteiger partial charge in [-0.2, -0.15) is 5.10 Å². The molecule has 0 bridgehead atoms. The molecule has 0 aliphatic rings. The van der Waals surface area contributed by atoms with E-state index in [1.54, 1.807) is 24.0 Å². The van der Waals surface area contributed by atoms with Crippen molar-refractivity contribution in [2.45, 2.75) is 44.9 Å². The van der Waals surface area contributed by atoms with Crippen LogP contribution in [-0.2, 0) is 28.2 Å². The minimum Gasteiger partial charge on any atom is -0.272 e. The van der Waals surface area contributed by atoms with Crippen molar-refractivity contribution in [3.05, 3.63) is 53.3 Å². The Morgan fingerprint density at radius 3 is 2.26 bits per heavy atom. The number of rotatable bonds is 5. The first-order valence-corrected chi connectivity index (χ1v) is 9.31. The zero-order valence-corrected chi connectivity index (χ0v) is 15.2. The van der Waals surface area contributed by atoms with E-state index in [1.165, 1.54) is 5.56 Å². The molecular weight excluding hydrogens is 310 g/mol. The Morgan fingerprint density at radius 1 is 1.17 bits per heavy atom. The van der Waals surface area contributed by atoms with E-state index in [-0.39, 0.29) is 17.2 Å². The van der Waals surface area contributed by atoms with Crippen molar-refractivity contribution < 1.29 is 8.42 Å². The molecule has 0 saturated carbocycles. The van der Waals surface area contributed by atoms with E-state index in [2.05, 4.69) is 42.7 Å². The molecule has 6 heteroatoms. The molecule has 0 amide bonds. The fraction of sp³-hybridized carbons (Fsp3) is 0.471. The highest BCUT2D eigenvalue weighted by Gasteiger charge is 2.19. The zero-order chi connectivity index (χ0) is 17.3. The third-order valence-electron chi connectivity index (χ3n) is 3.89. The molecule has 0 aliphatic heterocycles. The fourth-order valence-electron chi connectivity index (χ4n) is 2.39. The molecule has 1 aromatic heterocycles. The molecule has 0 fully saturated rings. The SMILES string of the molecule is CC(NS(=O)(=O)Cc1ccnn1C)c1ccc(C(C)(C)C)cc1. The number of nitrogens with zero attached hydrogens (tertiary/aromatic N) is 2. The second-order valence-electron chi connectivity index (χ2n) is 6.92. The summed E-state index contributed by atoms with van der Waals surface area (Å²) in [5.74, 6) is -0.0755. The third kappa shape index (κ3) is 4.65. The molecule has 1 heterocycles. The van der Waals surface area contributed by atoms with E-state index in [0.717, 1.165) is 5.56 Å². The van der Waals surface area contributed by atoms with Crippen molar-refractivity contribution in [1.82, 2.24) is 14.5 Å². The highest BCUT2D eigenvalue weighted by molar-refractivity contribution is 7.88. The summed E-state index contributed by atoms with van der Waals surface area (Å²) in [6.07, 6.45) is 1.60. The van der Waals surface area contributed by atoms with Crippen LogP contribution in [0.2, 0.25) is 0 Å². The predicted molar refractivity (Wildman–Crippen MR) is 92.5 cm³/mol. The minimum atomic E-state index is -3.42. The molecule has 2 aromatic rings. The maximum Gasteiger partial charge on any atom is 0.217 e.